The fourth-order valence-electron chi connectivity index (χ4n) is 3.12. The van der Waals surface area contributed by atoms with Gasteiger partial charge in [0.2, 0.25) is 0 Å². The molecule has 0 bridgehead atoms. The molecule has 2 rings (SSSR count). The van der Waals surface area contributed by atoms with Gasteiger partial charge in [-0.25, -0.2) is 4.98 Å². The van der Waals surface area contributed by atoms with Crippen molar-refractivity contribution >= 4 is 0 Å². The maximum absolute atomic E-state index is 10.3. The molecule has 1 fully saturated rings. The number of aromatic nitrogens is 2. The molecule has 3 heteroatoms. The molecule has 0 spiro atoms. The molecule has 1 N–H and O–H groups in total. The van der Waals surface area contributed by atoms with E-state index in [9.17, 15) is 5.11 Å². The summed E-state index contributed by atoms with van der Waals surface area (Å²) >= 11 is 0. The highest BCUT2D eigenvalue weighted by molar-refractivity contribution is 5.02. The first-order chi connectivity index (χ1) is 8.50. The van der Waals surface area contributed by atoms with Gasteiger partial charge in [-0.2, -0.15) is 0 Å². The van der Waals surface area contributed by atoms with Crippen molar-refractivity contribution in [3.05, 3.63) is 18.2 Å². The topological polar surface area (TPSA) is 38.0 Å². The summed E-state index contributed by atoms with van der Waals surface area (Å²) in [5, 5.41) is 10.3. The van der Waals surface area contributed by atoms with Crippen molar-refractivity contribution in [3.8, 4) is 0 Å². The average molecular weight is 250 g/mol. The number of hydrogen-bond acceptors (Lipinski definition) is 2. The van der Waals surface area contributed by atoms with Gasteiger partial charge in [0, 0.05) is 18.3 Å². The van der Waals surface area contributed by atoms with E-state index in [0.717, 1.165) is 31.0 Å². The zero-order chi connectivity index (χ0) is 13.3. The maximum atomic E-state index is 10.3. The zero-order valence-electron chi connectivity index (χ0n) is 12.0. The molecule has 0 aromatic carbocycles. The molecule has 3 atom stereocenters. The van der Waals surface area contributed by atoms with Gasteiger partial charge in [0.05, 0.1) is 12.1 Å². The third-order valence-corrected chi connectivity index (χ3v) is 4.34. The first-order valence-electron chi connectivity index (χ1n) is 7.21. The Kier molecular flexibility index (Phi) is 4.10. The van der Waals surface area contributed by atoms with E-state index in [2.05, 4.69) is 37.2 Å². The van der Waals surface area contributed by atoms with E-state index in [-0.39, 0.29) is 12.1 Å². The molecule has 1 saturated carbocycles. The van der Waals surface area contributed by atoms with Crippen LogP contribution in [0.15, 0.2) is 12.4 Å². The van der Waals surface area contributed by atoms with Crippen molar-refractivity contribution in [1.82, 2.24) is 9.55 Å². The van der Waals surface area contributed by atoms with Crippen LogP contribution in [0.25, 0.3) is 0 Å². The van der Waals surface area contributed by atoms with Crippen LogP contribution in [0.4, 0.5) is 0 Å². The van der Waals surface area contributed by atoms with Crippen LogP contribution < -0.4 is 0 Å². The highest BCUT2D eigenvalue weighted by Gasteiger charge is 2.32. The van der Waals surface area contributed by atoms with Gasteiger partial charge < -0.3 is 9.67 Å². The van der Waals surface area contributed by atoms with E-state index in [1.807, 2.05) is 12.4 Å². The van der Waals surface area contributed by atoms with E-state index in [1.165, 1.54) is 0 Å². The van der Waals surface area contributed by atoms with Crippen molar-refractivity contribution in [1.29, 1.82) is 0 Å². The Morgan fingerprint density at radius 3 is 2.61 bits per heavy atom. The third-order valence-electron chi connectivity index (χ3n) is 4.34. The summed E-state index contributed by atoms with van der Waals surface area (Å²) in [6.07, 6.45) is 6.83. The molecular weight excluding hydrogens is 224 g/mol. The molecule has 0 aliphatic heterocycles. The number of aliphatic hydroxyl groups excluding tert-OH is 1. The van der Waals surface area contributed by atoms with Crippen molar-refractivity contribution in [2.45, 2.75) is 65.0 Å². The molecule has 1 aromatic heterocycles. The Morgan fingerprint density at radius 1 is 1.28 bits per heavy atom. The SMILES string of the molecule is CC(C)c1nccn1C1CC(C(C)C)CCC1O. The molecule has 0 radical (unpaired) electrons. The average Bonchev–Trinajstić information content (AvgIpc) is 2.78. The second-order valence-corrected chi connectivity index (χ2v) is 6.30. The van der Waals surface area contributed by atoms with Gasteiger partial charge >= 0.3 is 0 Å². The first kappa shape index (κ1) is 13.6. The molecule has 1 aromatic rings. The lowest BCUT2D eigenvalue weighted by Gasteiger charge is -2.37. The predicted molar refractivity (Wildman–Crippen MR) is 73.5 cm³/mol. The van der Waals surface area contributed by atoms with E-state index in [0.29, 0.717) is 11.8 Å². The van der Waals surface area contributed by atoms with Crippen molar-refractivity contribution in [2.24, 2.45) is 11.8 Å². The summed E-state index contributed by atoms with van der Waals surface area (Å²) in [5.74, 6) is 2.93. The molecule has 1 aliphatic rings. The largest absolute Gasteiger partial charge is 0.391 e. The van der Waals surface area contributed by atoms with Crippen LogP contribution in [0.1, 0.15) is 64.7 Å². The quantitative estimate of drug-likeness (QED) is 0.893. The molecule has 18 heavy (non-hydrogen) atoms. The lowest BCUT2D eigenvalue weighted by Crippen LogP contribution is -2.33. The second kappa shape index (κ2) is 5.43. The number of hydrogen-bond donors (Lipinski definition) is 1. The van der Waals surface area contributed by atoms with Crippen LogP contribution in [-0.4, -0.2) is 20.8 Å². The lowest BCUT2D eigenvalue weighted by atomic mass is 9.78. The molecule has 0 saturated heterocycles. The molecule has 3 nitrogen and oxygen atoms in total. The molecule has 3 unspecified atom stereocenters. The third kappa shape index (κ3) is 2.61. The van der Waals surface area contributed by atoms with Crippen LogP contribution in [0.3, 0.4) is 0 Å². The summed E-state index contributed by atoms with van der Waals surface area (Å²) in [5.41, 5.74) is 0. The second-order valence-electron chi connectivity index (χ2n) is 6.30. The molecule has 1 heterocycles. The van der Waals surface area contributed by atoms with Gasteiger partial charge in [0.15, 0.2) is 0 Å². The fourth-order valence-corrected chi connectivity index (χ4v) is 3.12. The minimum atomic E-state index is -0.216. The van der Waals surface area contributed by atoms with E-state index < -0.39 is 0 Å². The fraction of sp³-hybridized carbons (Fsp3) is 0.800. The van der Waals surface area contributed by atoms with Gasteiger partial charge in [-0.05, 0) is 31.1 Å². The Morgan fingerprint density at radius 2 is 2.00 bits per heavy atom. The number of aliphatic hydroxyl groups is 1. The van der Waals surface area contributed by atoms with Crippen molar-refractivity contribution < 1.29 is 5.11 Å². The highest BCUT2D eigenvalue weighted by atomic mass is 16.3. The summed E-state index contributed by atoms with van der Waals surface area (Å²) < 4.78 is 2.21. The first-order valence-corrected chi connectivity index (χ1v) is 7.21. The van der Waals surface area contributed by atoms with Crippen LogP contribution in [0, 0.1) is 11.8 Å². The van der Waals surface area contributed by atoms with Gasteiger partial charge in [-0.3, -0.25) is 0 Å². The van der Waals surface area contributed by atoms with Gasteiger partial charge in [0.1, 0.15) is 5.82 Å². The molecule has 1 aliphatic carbocycles. The van der Waals surface area contributed by atoms with E-state index in [1.54, 1.807) is 0 Å². The van der Waals surface area contributed by atoms with Gasteiger partial charge in [-0.15, -0.1) is 0 Å². The Hall–Kier alpha value is -0.830. The van der Waals surface area contributed by atoms with Gasteiger partial charge in [-0.1, -0.05) is 27.7 Å². The minimum absolute atomic E-state index is 0.214. The molecule has 0 amide bonds. The van der Waals surface area contributed by atoms with Crippen LogP contribution >= 0.6 is 0 Å². The number of rotatable bonds is 3. The van der Waals surface area contributed by atoms with Crippen LogP contribution in [0.2, 0.25) is 0 Å². The van der Waals surface area contributed by atoms with Crippen molar-refractivity contribution in [3.63, 3.8) is 0 Å². The smallest absolute Gasteiger partial charge is 0.111 e. The van der Waals surface area contributed by atoms with Crippen molar-refractivity contribution in [2.75, 3.05) is 0 Å². The monoisotopic (exact) mass is 250 g/mol. The highest BCUT2D eigenvalue weighted by Crippen LogP contribution is 2.37. The number of nitrogens with zero attached hydrogens (tertiary/aromatic N) is 2. The summed E-state index contributed by atoms with van der Waals surface area (Å²) in [6, 6.07) is 0.214. The number of imidazole rings is 1. The summed E-state index contributed by atoms with van der Waals surface area (Å²) in [6.45, 7) is 8.90. The molecule has 102 valence electrons. The lowest BCUT2D eigenvalue weighted by molar-refractivity contribution is 0.0421. The Balaban J connectivity index is 2.21. The standard InChI is InChI=1S/C15H26N2O/c1-10(2)12-5-6-14(18)13(9-12)17-8-7-16-15(17)11(3)4/h7-8,10-14,18H,5-6,9H2,1-4H3. The van der Waals surface area contributed by atoms with E-state index in [4.69, 9.17) is 0 Å². The normalized spacial score (nSPS) is 29.2. The Bertz CT molecular complexity index is 384. The Labute approximate surface area is 110 Å². The zero-order valence-corrected chi connectivity index (χ0v) is 12.0. The molecular formula is C15H26N2O. The summed E-state index contributed by atoms with van der Waals surface area (Å²) in [4.78, 5) is 4.45. The van der Waals surface area contributed by atoms with Crippen LogP contribution in [-0.2, 0) is 0 Å². The minimum Gasteiger partial charge on any atom is -0.391 e. The predicted octanol–water partition coefficient (Wildman–Crippen LogP) is 3.36. The van der Waals surface area contributed by atoms with Crippen LogP contribution in [0.5, 0.6) is 0 Å². The van der Waals surface area contributed by atoms with E-state index >= 15 is 0 Å². The summed E-state index contributed by atoms with van der Waals surface area (Å²) in [7, 11) is 0. The maximum Gasteiger partial charge on any atom is 0.111 e. The van der Waals surface area contributed by atoms with Gasteiger partial charge in [0.25, 0.3) is 0 Å².